The first kappa shape index (κ1) is 13.1. The fourth-order valence-corrected chi connectivity index (χ4v) is 3.39. The van der Waals surface area contributed by atoms with E-state index in [1.165, 1.54) is 5.32 Å². The topological polar surface area (TPSA) is 37.9 Å². The monoisotopic (exact) mass is 262 g/mol. The van der Waals surface area contributed by atoms with Crippen molar-refractivity contribution in [1.29, 1.82) is 0 Å². The highest BCUT2D eigenvalue weighted by atomic mass is 28.3. The first-order valence-electron chi connectivity index (χ1n) is 6.35. The molecule has 0 radical (unpaired) electrons. The number of aromatic nitrogens is 2. The van der Waals surface area contributed by atoms with Crippen LogP contribution in [-0.4, -0.2) is 23.9 Å². The molecular weight excluding hydrogens is 240 g/mol. The van der Waals surface area contributed by atoms with Gasteiger partial charge in [-0.1, -0.05) is 25.7 Å². The second kappa shape index (κ2) is 4.12. The van der Waals surface area contributed by atoms with E-state index in [1.54, 1.807) is 0 Å². The van der Waals surface area contributed by atoms with Gasteiger partial charge in [0, 0.05) is 5.32 Å². The number of hydrogen-bond acceptors (Lipinski definition) is 2. The van der Waals surface area contributed by atoms with Crippen LogP contribution < -0.4 is 10.1 Å². The van der Waals surface area contributed by atoms with Gasteiger partial charge in [0.05, 0.1) is 10.9 Å². The molecule has 0 aliphatic rings. The Bertz CT molecular complexity index is 561. The molecule has 1 aromatic carbocycles. The summed E-state index contributed by atoms with van der Waals surface area (Å²) in [5.74, 6) is 0.936. The van der Waals surface area contributed by atoms with Crippen LogP contribution in [0.25, 0.3) is 10.9 Å². The second-order valence-corrected chi connectivity index (χ2v) is 11.7. The molecule has 3 nitrogen and oxygen atoms in total. The Balaban J connectivity index is 2.63. The summed E-state index contributed by atoms with van der Waals surface area (Å²) in [6, 6.07) is 6.07. The Morgan fingerprint density at radius 1 is 1.17 bits per heavy atom. The van der Waals surface area contributed by atoms with Crippen LogP contribution >= 0.6 is 0 Å². The Hall–Kier alpha value is -1.29. The minimum absolute atomic E-state index is 0.192. The van der Waals surface area contributed by atoms with Crippen molar-refractivity contribution < 1.29 is 4.74 Å². The van der Waals surface area contributed by atoms with Gasteiger partial charge >= 0.3 is 0 Å². The summed E-state index contributed by atoms with van der Waals surface area (Å²) >= 11 is 0. The van der Waals surface area contributed by atoms with Gasteiger partial charge in [0.1, 0.15) is 19.4 Å². The van der Waals surface area contributed by atoms with Gasteiger partial charge in [-0.2, -0.15) is 5.10 Å². The normalized spacial score (nSPS) is 13.0. The molecule has 98 valence electrons. The molecule has 18 heavy (non-hydrogen) atoms. The minimum atomic E-state index is -1.45. The van der Waals surface area contributed by atoms with Crippen LogP contribution in [-0.2, 0) is 0 Å². The third-order valence-electron chi connectivity index (χ3n) is 2.71. The number of aromatic amines is 1. The van der Waals surface area contributed by atoms with E-state index in [0.717, 1.165) is 16.7 Å². The van der Waals surface area contributed by atoms with Crippen molar-refractivity contribution in [2.24, 2.45) is 0 Å². The van der Waals surface area contributed by atoms with Crippen LogP contribution in [0, 0.1) is 0 Å². The minimum Gasteiger partial charge on any atom is -0.487 e. The lowest BCUT2D eigenvalue weighted by molar-refractivity contribution is 0.133. The van der Waals surface area contributed by atoms with Crippen LogP contribution in [0.4, 0.5) is 0 Å². The fourth-order valence-electron chi connectivity index (χ4n) is 1.99. The highest BCUT2D eigenvalue weighted by Gasteiger charge is 2.25. The van der Waals surface area contributed by atoms with Gasteiger partial charge in [-0.05, 0) is 32.9 Å². The van der Waals surface area contributed by atoms with Crippen molar-refractivity contribution in [3.63, 3.8) is 0 Å². The van der Waals surface area contributed by atoms with Crippen LogP contribution in [0.5, 0.6) is 5.75 Å². The van der Waals surface area contributed by atoms with Crippen LogP contribution in [0.1, 0.15) is 20.8 Å². The molecule has 0 saturated carbocycles. The third kappa shape index (κ3) is 2.58. The van der Waals surface area contributed by atoms with Crippen molar-refractivity contribution in [1.82, 2.24) is 10.2 Å². The van der Waals surface area contributed by atoms with E-state index >= 15 is 0 Å². The number of hydrogen-bond donors (Lipinski definition) is 1. The lowest BCUT2D eigenvalue weighted by Crippen LogP contribution is -2.39. The fraction of sp³-hybridized carbons (Fsp3) is 0.500. The Kier molecular flexibility index (Phi) is 3.01. The summed E-state index contributed by atoms with van der Waals surface area (Å²) in [7, 11) is -1.45. The number of nitrogens with one attached hydrogen (secondary N) is 1. The van der Waals surface area contributed by atoms with Gasteiger partial charge < -0.3 is 4.74 Å². The standard InChI is InChI=1S/C14H22N2OSi/c1-14(2,3)17-11-9-7-8-10-12(11)13(16-15-10)18(4,5)6/h7-9H,1-6H3,(H,15,16). The maximum atomic E-state index is 6.07. The number of rotatable bonds is 2. The molecule has 2 aromatic rings. The van der Waals surface area contributed by atoms with E-state index in [2.05, 4.69) is 50.6 Å². The number of ether oxygens (including phenoxy) is 1. The maximum absolute atomic E-state index is 6.07. The molecule has 0 bridgehead atoms. The first-order valence-corrected chi connectivity index (χ1v) is 9.85. The summed E-state index contributed by atoms with van der Waals surface area (Å²) in [5, 5.41) is 10.0. The SMILES string of the molecule is CC(C)(C)Oc1cccc2n[nH]c([Si](C)(C)C)c12. The summed E-state index contributed by atoms with van der Waals surface area (Å²) in [4.78, 5) is 0. The van der Waals surface area contributed by atoms with Crippen LogP contribution in [0.3, 0.4) is 0 Å². The number of H-pyrrole nitrogens is 1. The van der Waals surface area contributed by atoms with Gasteiger partial charge in [-0.25, -0.2) is 0 Å². The van der Waals surface area contributed by atoms with Crippen molar-refractivity contribution >= 4 is 24.3 Å². The number of nitrogens with zero attached hydrogens (tertiary/aromatic N) is 1. The van der Waals surface area contributed by atoms with Crippen molar-refractivity contribution in [2.45, 2.75) is 46.0 Å². The summed E-state index contributed by atoms with van der Waals surface area (Å²) < 4.78 is 6.07. The van der Waals surface area contributed by atoms with E-state index < -0.39 is 8.07 Å². The van der Waals surface area contributed by atoms with Gasteiger partial charge in [-0.3, -0.25) is 5.10 Å². The molecular formula is C14H22N2OSi. The highest BCUT2D eigenvalue weighted by molar-refractivity contribution is 6.89. The molecule has 0 unspecified atom stereocenters. The molecule has 0 aliphatic carbocycles. The molecule has 0 saturated heterocycles. The van der Waals surface area contributed by atoms with Gasteiger partial charge in [0.25, 0.3) is 0 Å². The second-order valence-electron chi connectivity index (χ2n) is 6.71. The van der Waals surface area contributed by atoms with Gasteiger partial charge in [0.2, 0.25) is 0 Å². The average Bonchev–Trinajstić information content (AvgIpc) is 2.58. The lowest BCUT2D eigenvalue weighted by Gasteiger charge is -2.23. The molecule has 0 aliphatic heterocycles. The zero-order valence-electron chi connectivity index (χ0n) is 12.1. The van der Waals surface area contributed by atoms with E-state index in [1.807, 2.05) is 18.2 Å². The largest absolute Gasteiger partial charge is 0.487 e. The Labute approximate surface area is 110 Å². The summed E-state index contributed by atoms with van der Waals surface area (Å²) in [6.07, 6.45) is 0. The van der Waals surface area contributed by atoms with Gasteiger partial charge in [-0.15, -0.1) is 0 Å². The summed E-state index contributed by atoms with van der Waals surface area (Å²) in [6.45, 7) is 13.1. The highest BCUT2D eigenvalue weighted by Crippen LogP contribution is 2.27. The zero-order chi connectivity index (χ0) is 13.6. The quantitative estimate of drug-likeness (QED) is 0.843. The average molecular weight is 262 g/mol. The molecule has 4 heteroatoms. The molecule has 1 N–H and O–H groups in total. The predicted octanol–water partition coefficient (Wildman–Crippen LogP) is 3.29. The van der Waals surface area contributed by atoms with Crippen molar-refractivity contribution in [3.8, 4) is 5.75 Å². The van der Waals surface area contributed by atoms with E-state index in [0.29, 0.717) is 0 Å². The van der Waals surface area contributed by atoms with Crippen LogP contribution in [0.15, 0.2) is 18.2 Å². The molecule has 0 fully saturated rings. The molecule has 1 heterocycles. The number of benzene rings is 1. The third-order valence-corrected chi connectivity index (χ3v) is 4.57. The number of fused-ring (bicyclic) bond motifs is 1. The molecule has 0 spiro atoms. The van der Waals surface area contributed by atoms with Crippen molar-refractivity contribution in [3.05, 3.63) is 18.2 Å². The Morgan fingerprint density at radius 3 is 2.39 bits per heavy atom. The zero-order valence-corrected chi connectivity index (χ0v) is 13.1. The van der Waals surface area contributed by atoms with E-state index in [-0.39, 0.29) is 5.60 Å². The van der Waals surface area contributed by atoms with Crippen molar-refractivity contribution in [2.75, 3.05) is 0 Å². The van der Waals surface area contributed by atoms with E-state index in [4.69, 9.17) is 4.74 Å². The summed E-state index contributed by atoms with van der Waals surface area (Å²) in [5.41, 5.74) is 0.802. The van der Waals surface area contributed by atoms with E-state index in [9.17, 15) is 0 Å². The molecule has 0 amide bonds. The Morgan fingerprint density at radius 2 is 1.83 bits per heavy atom. The molecule has 0 atom stereocenters. The lowest BCUT2D eigenvalue weighted by atomic mass is 10.1. The molecule has 1 aromatic heterocycles. The smallest absolute Gasteiger partial charge is 0.130 e. The predicted molar refractivity (Wildman–Crippen MR) is 79.5 cm³/mol. The molecule has 2 rings (SSSR count). The van der Waals surface area contributed by atoms with Crippen LogP contribution in [0.2, 0.25) is 19.6 Å². The first-order chi connectivity index (χ1) is 8.18. The maximum Gasteiger partial charge on any atom is 0.130 e. The van der Waals surface area contributed by atoms with Gasteiger partial charge in [0.15, 0.2) is 0 Å².